The summed E-state index contributed by atoms with van der Waals surface area (Å²) in [6.07, 6.45) is 2.08. The first kappa shape index (κ1) is 19.5. The number of amides is 2. The summed E-state index contributed by atoms with van der Waals surface area (Å²) in [5, 5.41) is 6.88. The summed E-state index contributed by atoms with van der Waals surface area (Å²) < 4.78 is 5.15. The molecule has 1 aromatic carbocycles. The molecule has 1 aliphatic rings. The number of thioether (sulfide) groups is 1. The fraction of sp³-hybridized carbons (Fsp3) is 0.450. The van der Waals surface area contributed by atoms with Gasteiger partial charge in [-0.25, -0.2) is 0 Å². The number of hydrogen-bond acceptors (Lipinski definition) is 5. The molecule has 6 nitrogen and oxygen atoms in total. The van der Waals surface area contributed by atoms with Crippen molar-refractivity contribution >= 4 is 29.3 Å². The van der Waals surface area contributed by atoms with Gasteiger partial charge in [-0.1, -0.05) is 17.3 Å². The van der Waals surface area contributed by atoms with Crippen LogP contribution in [0.5, 0.6) is 0 Å². The minimum atomic E-state index is -0.114. The maximum atomic E-state index is 12.8. The van der Waals surface area contributed by atoms with Crippen LogP contribution in [0, 0.1) is 20.8 Å². The van der Waals surface area contributed by atoms with Crippen molar-refractivity contribution < 1.29 is 14.1 Å². The molecule has 0 unspecified atom stereocenters. The molecule has 1 aromatic heterocycles. The van der Waals surface area contributed by atoms with E-state index in [0.717, 1.165) is 48.5 Å². The Morgan fingerprint density at radius 1 is 1.22 bits per heavy atom. The first-order valence-corrected chi connectivity index (χ1v) is 10.3. The lowest BCUT2D eigenvalue weighted by molar-refractivity contribution is -0.113. The summed E-state index contributed by atoms with van der Waals surface area (Å²) >= 11 is 1.50. The Morgan fingerprint density at radius 3 is 2.63 bits per heavy atom. The molecule has 0 radical (unpaired) electrons. The van der Waals surface area contributed by atoms with E-state index in [0.29, 0.717) is 22.8 Å². The van der Waals surface area contributed by atoms with E-state index in [1.807, 2.05) is 37.8 Å². The van der Waals surface area contributed by atoms with Crippen LogP contribution in [0.3, 0.4) is 0 Å². The Balaban J connectivity index is 1.64. The van der Waals surface area contributed by atoms with Crippen LogP contribution in [0.1, 0.15) is 45.8 Å². The van der Waals surface area contributed by atoms with Gasteiger partial charge in [-0.2, -0.15) is 0 Å². The molecule has 27 heavy (non-hydrogen) atoms. The number of likely N-dealkylation sites (tertiary alicyclic amines) is 1. The van der Waals surface area contributed by atoms with Gasteiger partial charge >= 0.3 is 0 Å². The molecule has 144 valence electrons. The first-order valence-electron chi connectivity index (χ1n) is 9.15. The van der Waals surface area contributed by atoms with E-state index in [1.54, 1.807) is 6.07 Å². The SMILES string of the molecule is Cc1cccc(C(=O)N2CCCC2)c1NC(=O)CSCc1c(C)noc1C. The number of carbonyl (C=O) groups excluding carboxylic acids is 2. The topological polar surface area (TPSA) is 75.4 Å². The second-order valence-corrected chi connectivity index (χ2v) is 7.83. The second kappa shape index (κ2) is 8.61. The molecule has 2 aromatic rings. The largest absolute Gasteiger partial charge is 0.361 e. The number of aromatic nitrogens is 1. The number of rotatable bonds is 6. The smallest absolute Gasteiger partial charge is 0.255 e. The van der Waals surface area contributed by atoms with Gasteiger partial charge in [-0.15, -0.1) is 11.8 Å². The van der Waals surface area contributed by atoms with Crippen molar-refractivity contribution in [1.29, 1.82) is 0 Å². The molecule has 2 amide bonds. The summed E-state index contributed by atoms with van der Waals surface area (Å²) in [5.41, 5.74) is 3.98. The van der Waals surface area contributed by atoms with Crippen molar-refractivity contribution in [2.45, 2.75) is 39.4 Å². The summed E-state index contributed by atoms with van der Waals surface area (Å²) in [4.78, 5) is 27.1. The number of para-hydroxylation sites is 1. The average molecular weight is 388 g/mol. The first-order chi connectivity index (χ1) is 13.0. The second-order valence-electron chi connectivity index (χ2n) is 6.84. The highest BCUT2D eigenvalue weighted by molar-refractivity contribution is 7.99. The van der Waals surface area contributed by atoms with Crippen molar-refractivity contribution in [3.05, 3.63) is 46.3 Å². The van der Waals surface area contributed by atoms with Crippen LogP contribution in [0.4, 0.5) is 5.69 Å². The van der Waals surface area contributed by atoms with Crippen LogP contribution < -0.4 is 5.32 Å². The fourth-order valence-electron chi connectivity index (χ4n) is 3.23. The van der Waals surface area contributed by atoms with E-state index in [1.165, 1.54) is 11.8 Å². The van der Waals surface area contributed by atoms with Gasteiger partial charge in [-0.3, -0.25) is 9.59 Å². The van der Waals surface area contributed by atoms with Crippen LogP contribution in [0.25, 0.3) is 0 Å². The summed E-state index contributed by atoms with van der Waals surface area (Å²) in [5.74, 6) is 1.64. The van der Waals surface area contributed by atoms with Crippen molar-refractivity contribution in [2.24, 2.45) is 0 Å². The predicted octanol–water partition coefficient (Wildman–Crippen LogP) is 3.71. The Morgan fingerprint density at radius 2 is 1.96 bits per heavy atom. The van der Waals surface area contributed by atoms with Gasteiger partial charge in [-0.05, 0) is 45.2 Å². The normalized spacial score (nSPS) is 13.8. The van der Waals surface area contributed by atoms with Crippen molar-refractivity contribution in [3.8, 4) is 0 Å². The number of nitrogens with zero attached hydrogens (tertiary/aromatic N) is 2. The average Bonchev–Trinajstić information content (AvgIpc) is 3.28. The highest BCUT2D eigenvalue weighted by atomic mass is 32.2. The van der Waals surface area contributed by atoms with Gasteiger partial charge in [0, 0.05) is 24.4 Å². The van der Waals surface area contributed by atoms with Gasteiger partial charge in [0.05, 0.1) is 22.7 Å². The standard InChI is InChI=1S/C20H25N3O3S/c1-13-7-6-8-16(20(25)23-9-4-5-10-23)19(13)21-18(24)12-27-11-17-14(2)22-26-15(17)3/h6-8H,4-5,9-12H2,1-3H3,(H,21,24). The molecule has 0 saturated carbocycles. The van der Waals surface area contributed by atoms with Crippen LogP contribution in [-0.4, -0.2) is 40.7 Å². The van der Waals surface area contributed by atoms with Crippen LogP contribution >= 0.6 is 11.8 Å². The quantitative estimate of drug-likeness (QED) is 0.818. The Hall–Kier alpha value is -2.28. The third kappa shape index (κ3) is 4.53. The fourth-order valence-corrected chi connectivity index (χ4v) is 4.21. The molecule has 1 saturated heterocycles. The third-order valence-electron chi connectivity index (χ3n) is 4.82. The van der Waals surface area contributed by atoms with Gasteiger partial charge in [0.15, 0.2) is 0 Å². The van der Waals surface area contributed by atoms with Gasteiger partial charge in [0.2, 0.25) is 5.91 Å². The Labute approximate surface area is 163 Å². The number of nitrogens with one attached hydrogen (secondary N) is 1. The lowest BCUT2D eigenvalue weighted by Crippen LogP contribution is -2.29. The molecule has 1 fully saturated rings. The summed E-state index contributed by atoms with van der Waals surface area (Å²) in [6, 6.07) is 5.56. The number of benzene rings is 1. The van der Waals surface area contributed by atoms with E-state index in [-0.39, 0.29) is 11.8 Å². The molecule has 2 heterocycles. The minimum Gasteiger partial charge on any atom is -0.361 e. The van der Waals surface area contributed by atoms with Crippen LogP contribution in [0.15, 0.2) is 22.7 Å². The van der Waals surface area contributed by atoms with Crippen molar-refractivity contribution in [2.75, 3.05) is 24.2 Å². The Kier molecular flexibility index (Phi) is 6.21. The van der Waals surface area contributed by atoms with E-state index in [4.69, 9.17) is 4.52 Å². The zero-order valence-electron chi connectivity index (χ0n) is 16.0. The van der Waals surface area contributed by atoms with Gasteiger partial charge in [0.25, 0.3) is 5.91 Å². The van der Waals surface area contributed by atoms with Crippen LogP contribution in [-0.2, 0) is 10.5 Å². The zero-order valence-corrected chi connectivity index (χ0v) is 16.8. The summed E-state index contributed by atoms with van der Waals surface area (Å²) in [7, 11) is 0. The molecule has 7 heteroatoms. The summed E-state index contributed by atoms with van der Waals surface area (Å²) in [6.45, 7) is 7.25. The molecule has 1 N–H and O–H groups in total. The number of hydrogen-bond donors (Lipinski definition) is 1. The third-order valence-corrected chi connectivity index (χ3v) is 5.78. The van der Waals surface area contributed by atoms with Crippen molar-refractivity contribution in [3.63, 3.8) is 0 Å². The van der Waals surface area contributed by atoms with E-state index in [2.05, 4.69) is 10.5 Å². The molecule has 0 spiro atoms. The molecule has 0 bridgehead atoms. The molecule has 1 aliphatic heterocycles. The molecule has 0 atom stereocenters. The lowest BCUT2D eigenvalue weighted by atomic mass is 10.1. The maximum Gasteiger partial charge on any atom is 0.255 e. The number of anilines is 1. The molecule has 0 aliphatic carbocycles. The highest BCUT2D eigenvalue weighted by Crippen LogP contribution is 2.25. The minimum absolute atomic E-state index is 0.00475. The van der Waals surface area contributed by atoms with E-state index in [9.17, 15) is 9.59 Å². The van der Waals surface area contributed by atoms with Gasteiger partial charge in [0.1, 0.15) is 5.76 Å². The molecular formula is C20H25N3O3S. The van der Waals surface area contributed by atoms with E-state index >= 15 is 0 Å². The zero-order chi connectivity index (χ0) is 19.4. The van der Waals surface area contributed by atoms with Crippen LogP contribution in [0.2, 0.25) is 0 Å². The monoisotopic (exact) mass is 387 g/mol. The lowest BCUT2D eigenvalue weighted by Gasteiger charge is -2.19. The molecular weight excluding hydrogens is 362 g/mol. The Bertz CT molecular complexity index is 821. The number of carbonyl (C=O) groups is 2. The molecule has 3 rings (SSSR count). The maximum absolute atomic E-state index is 12.8. The van der Waals surface area contributed by atoms with Crippen molar-refractivity contribution in [1.82, 2.24) is 10.1 Å². The highest BCUT2D eigenvalue weighted by Gasteiger charge is 2.23. The predicted molar refractivity (Wildman–Crippen MR) is 107 cm³/mol. The number of aryl methyl sites for hydroxylation is 3. The van der Waals surface area contributed by atoms with Gasteiger partial charge < -0.3 is 14.7 Å². The van der Waals surface area contributed by atoms with E-state index < -0.39 is 0 Å².